The van der Waals surface area contributed by atoms with Gasteiger partial charge in [0.05, 0.1) is 28.0 Å². The number of aromatic nitrogens is 3. The van der Waals surface area contributed by atoms with Gasteiger partial charge in [-0.05, 0) is 103 Å². The minimum atomic E-state index is -0.172. The van der Waals surface area contributed by atoms with Crippen LogP contribution in [-0.4, -0.2) is 19.6 Å². The molecule has 0 saturated heterocycles. The van der Waals surface area contributed by atoms with E-state index in [1.54, 1.807) is 6.07 Å². The number of phenols is 1. The van der Waals surface area contributed by atoms with E-state index in [2.05, 4.69) is 156 Å². The molecule has 0 aliphatic carbocycles. The molecule has 0 unspecified atom stereocenters. The quantitative estimate of drug-likeness (QED) is 0.194. The van der Waals surface area contributed by atoms with Gasteiger partial charge in [0, 0.05) is 17.3 Å². The first-order valence-corrected chi connectivity index (χ1v) is 19.2. The number of phenolic OH excluding ortho intramolecular Hbond substituents is 1. The summed E-state index contributed by atoms with van der Waals surface area (Å²) in [6, 6.07) is 30.0. The molecule has 1 N–H and O–H groups in total. The number of para-hydroxylation sites is 2. The van der Waals surface area contributed by atoms with Crippen molar-refractivity contribution in [3.63, 3.8) is 0 Å². The summed E-state index contributed by atoms with van der Waals surface area (Å²) in [6.07, 6.45) is 1.89. The molecule has 6 aromatic rings. The summed E-state index contributed by atoms with van der Waals surface area (Å²) in [7, 11) is 0. The summed E-state index contributed by atoms with van der Waals surface area (Å²) in [6.45, 7) is 32.1. The van der Waals surface area contributed by atoms with Crippen LogP contribution in [0.3, 0.4) is 0 Å². The first-order valence-electron chi connectivity index (χ1n) is 19.2. The topological polar surface area (TPSA) is 50.9 Å². The van der Waals surface area contributed by atoms with E-state index in [0.29, 0.717) is 5.56 Å². The maximum absolute atomic E-state index is 11.5. The van der Waals surface area contributed by atoms with Crippen molar-refractivity contribution in [1.82, 2.24) is 14.5 Å². The van der Waals surface area contributed by atoms with E-state index in [1.165, 1.54) is 27.8 Å². The fourth-order valence-corrected chi connectivity index (χ4v) is 7.56. The molecule has 6 rings (SSSR count). The zero-order valence-corrected chi connectivity index (χ0v) is 34.5. The molecular formula is C49H59N3O. The molecule has 4 nitrogen and oxygen atoms in total. The zero-order valence-electron chi connectivity index (χ0n) is 34.5. The Morgan fingerprint density at radius 3 is 1.75 bits per heavy atom. The van der Waals surface area contributed by atoms with Crippen LogP contribution in [-0.2, 0) is 21.7 Å². The van der Waals surface area contributed by atoms with E-state index in [-0.39, 0.29) is 33.3 Å². The van der Waals surface area contributed by atoms with Crippen LogP contribution in [0.4, 0.5) is 0 Å². The third kappa shape index (κ3) is 7.18. The Bertz CT molecular complexity index is 2300. The second-order valence-corrected chi connectivity index (χ2v) is 19.2. The van der Waals surface area contributed by atoms with E-state index in [9.17, 15) is 5.11 Å². The van der Waals surface area contributed by atoms with Crippen molar-refractivity contribution >= 4 is 11.0 Å². The van der Waals surface area contributed by atoms with Crippen molar-refractivity contribution in [2.75, 3.05) is 0 Å². The van der Waals surface area contributed by atoms with Gasteiger partial charge in [-0.3, -0.25) is 9.55 Å². The van der Waals surface area contributed by atoms with Gasteiger partial charge in [0.1, 0.15) is 11.6 Å². The van der Waals surface area contributed by atoms with Gasteiger partial charge in [0.15, 0.2) is 0 Å². The van der Waals surface area contributed by atoms with Gasteiger partial charge in [-0.15, -0.1) is 0 Å². The van der Waals surface area contributed by atoms with E-state index in [4.69, 9.17) is 9.97 Å². The summed E-state index contributed by atoms with van der Waals surface area (Å²) in [4.78, 5) is 10.5. The van der Waals surface area contributed by atoms with Gasteiger partial charge in [-0.2, -0.15) is 0 Å². The molecule has 0 aliphatic heterocycles. The van der Waals surface area contributed by atoms with Crippen LogP contribution < -0.4 is 0 Å². The van der Waals surface area contributed by atoms with Gasteiger partial charge >= 0.3 is 0 Å². The second kappa shape index (κ2) is 13.3. The molecule has 2 heterocycles. The lowest BCUT2D eigenvalue weighted by Crippen LogP contribution is -2.19. The lowest BCUT2D eigenvalue weighted by Gasteiger charge is -2.31. The number of fused-ring (bicyclic) bond motifs is 1. The molecule has 0 fully saturated rings. The highest BCUT2D eigenvalue weighted by Crippen LogP contribution is 2.47. The van der Waals surface area contributed by atoms with Crippen LogP contribution in [0.15, 0.2) is 91.1 Å². The van der Waals surface area contributed by atoms with E-state index in [0.717, 1.165) is 44.9 Å². The molecule has 4 heteroatoms. The number of aromatic hydroxyl groups is 1. The zero-order chi connectivity index (χ0) is 38.8. The summed E-state index contributed by atoms with van der Waals surface area (Å²) in [5.41, 5.74) is 13.8. The molecule has 276 valence electrons. The van der Waals surface area contributed by atoms with E-state index in [1.807, 2.05) is 30.5 Å². The van der Waals surface area contributed by atoms with Crippen molar-refractivity contribution < 1.29 is 5.11 Å². The standard InChI is InChI=1S/C49H59N3O/c1-30(2)32-21-19-22-37(47(6,7)8)44(32)52-41-27-31(46(3,4)5)26-35(43(41)51-45(52)33-20-15-16-24-42(33)53)34-28-36(40-23-17-18-25-50-40)39(49(12,13)14)29-38(34)48(9,10)11/h15-30,53H,1-14H3. The molecule has 0 bridgehead atoms. The van der Waals surface area contributed by atoms with E-state index < -0.39 is 0 Å². The maximum Gasteiger partial charge on any atom is 0.149 e. The Labute approximate surface area is 318 Å². The molecule has 0 amide bonds. The normalized spacial score (nSPS) is 13.0. The summed E-state index contributed by atoms with van der Waals surface area (Å²) >= 11 is 0. The lowest BCUT2D eigenvalue weighted by atomic mass is 9.74. The molecule has 0 radical (unpaired) electrons. The van der Waals surface area contributed by atoms with Gasteiger partial charge in [0.2, 0.25) is 0 Å². The van der Waals surface area contributed by atoms with Crippen molar-refractivity contribution in [1.29, 1.82) is 0 Å². The Hall–Kier alpha value is -4.70. The number of hydrogen-bond acceptors (Lipinski definition) is 3. The number of rotatable bonds is 5. The van der Waals surface area contributed by atoms with Gasteiger partial charge in [-0.25, -0.2) is 4.98 Å². The smallest absolute Gasteiger partial charge is 0.149 e. The van der Waals surface area contributed by atoms with Gasteiger partial charge in [-0.1, -0.05) is 139 Å². The number of hydrogen-bond donors (Lipinski definition) is 1. The third-order valence-corrected chi connectivity index (χ3v) is 10.5. The highest BCUT2D eigenvalue weighted by Gasteiger charge is 2.32. The van der Waals surface area contributed by atoms with Crippen molar-refractivity contribution in [3.05, 3.63) is 119 Å². The van der Waals surface area contributed by atoms with Crippen LogP contribution in [0.2, 0.25) is 0 Å². The first kappa shape index (κ1) is 38.0. The van der Waals surface area contributed by atoms with Crippen LogP contribution in [0, 0.1) is 0 Å². The van der Waals surface area contributed by atoms with Gasteiger partial charge < -0.3 is 5.11 Å². The van der Waals surface area contributed by atoms with Crippen molar-refractivity contribution in [3.8, 4) is 45.2 Å². The molecule has 0 atom stereocenters. The summed E-state index contributed by atoms with van der Waals surface area (Å²) in [5, 5.41) is 11.5. The molecule has 0 spiro atoms. The molecule has 0 saturated carbocycles. The highest BCUT2D eigenvalue weighted by atomic mass is 16.3. The molecule has 53 heavy (non-hydrogen) atoms. The minimum absolute atomic E-state index is 0.114. The van der Waals surface area contributed by atoms with Crippen molar-refractivity contribution in [2.45, 2.75) is 125 Å². The fourth-order valence-electron chi connectivity index (χ4n) is 7.56. The number of benzene rings is 4. The second-order valence-electron chi connectivity index (χ2n) is 19.2. The minimum Gasteiger partial charge on any atom is -0.507 e. The Morgan fingerprint density at radius 2 is 1.19 bits per heavy atom. The maximum atomic E-state index is 11.5. The Kier molecular flexibility index (Phi) is 9.55. The highest BCUT2D eigenvalue weighted by molar-refractivity contribution is 5.99. The molecular weight excluding hydrogens is 647 g/mol. The number of nitrogens with zero attached hydrogens (tertiary/aromatic N) is 3. The third-order valence-electron chi connectivity index (χ3n) is 10.5. The van der Waals surface area contributed by atoms with Gasteiger partial charge in [0.25, 0.3) is 0 Å². The molecule has 4 aromatic carbocycles. The number of imidazole rings is 1. The number of pyridine rings is 1. The summed E-state index contributed by atoms with van der Waals surface area (Å²) < 4.78 is 2.36. The van der Waals surface area contributed by atoms with E-state index >= 15 is 0 Å². The average molecular weight is 706 g/mol. The first-order chi connectivity index (χ1) is 24.6. The molecule has 0 aliphatic rings. The van der Waals surface area contributed by atoms with Crippen molar-refractivity contribution in [2.24, 2.45) is 0 Å². The monoisotopic (exact) mass is 705 g/mol. The van der Waals surface area contributed by atoms with Crippen LogP contribution in [0.1, 0.15) is 131 Å². The van der Waals surface area contributed by atoms with Crippen LogP contribution >= 0.6 is 0 Å². The Morgan fingerprint density at radius 1 is 0.566 bits per heavy atom. The van der Waals surface area contributed by atoms with Crippen LogP contribution in [0.5, 0.6) is 5.75 Å². The average Bonchev–Trinajstić information content (AvgIpc) is 3.45. The molecule has 2 aromatic heterocycles. The largest absolute Gasteiger partial charge is 0.507 e. The SMILES string of the molecule is CC(C)c1cccc(C(C)(C)C)c1-n1c(-c2ccccc2O)nc2c(-c3cc(-c4ccccn4)c(C(C)(C)C)cc3C(C)(C)C)cc(C(C)(C)C)cc21. The Balaban J connectivity index is 1.89. The fraction of sp³-hybridized carbons (Fsp3) is 0.388. The lowest BCUT2D eigenvalue weighted by molar-refractivity contribution is 0.477. The summed E-state index contributed by atoms with van der Waals surface area (Å²) in [5.74, 6) is 1.20. The predicted molar refractivity (Wildman–Crippen MR) is 226 cm³/mol. The predicted octanol–water partition coefficient (Wildman–Crippen LogP) is 13.4. The van der Waals surface area contributed by atoms with Crippen LogP contribution in [0.25, 0.3) is 50.5 Å².